The number of hydrogen-bond acceptors (Lipinski definition) is 0. The van der Waals surface area contributed by atoms with E-state index in [0.717, 1.165) is 11.8 Å². The SMILES string of the molecule is Cc1cccc(C(C)CC2CCCC2)c1C. The fraction of sp³-hybridized carbons (Fsp3) is 0.625. The van der Waals surface area contributed by atoms with Gasteiger partial charge in [-0.1, -0.05) is 50.8 Å². The molecule has 0 saturated heterocycles. The lowest BCUT2D eigenvalue weighted by atomic mass is 9.86. The van der Waals surface area contributed by atoms with Crippen LogP contribution in [0, 0.1) is 19.8 Å². The number of rotatable bonds is 3. The Bertz CT molecular complexity index is 345. The molecule has 16 heavy (non-hydrogen) atoms. The van der Waals surface area contributed by atoms with Crippen LogP contribution in [-0.2, 0) is 0 Å². The fourth-order valence-corrected chi connectivity index (χ4v) is 3.18. The van der Waals surface area contributed by atoms with Gasteiger partial charge in [0.1, 0.15) is 0 Å². The molecule has 0 bridgehead atoms. The Morgan fingerprint density at radius 1 is 1.19 bits per heavy atom. The maximum Gasteiger partial charge on any atom is -0.0185 e. The summed E-state index contributed by atoms with van der Waals surface area (Å²) in [5, 5.41) is 0. The lowest BCUT2D eigenvalue weighted by Crippen LogP contribution is -2.04. The fourth-order valence-electron chi connectivity index (χ4n) is 3.18. The number of benzene rings is 1. The normalized spacial score (nSPS) is 18.9. The van der Waals surface area contributed by atoms with E-state index in [4.69, 9.17) is 0 Å². The van der Waals surface area contributed by atoms with Gasteiger partial charge < -0.3 is 0 Å². The summed E-state index contributed by atoms with van der Waals surface area (Å²) in [4.78, 5) is 0. The minimum atomic E-state index is 0.739. The molecule has 1 fully saturated rings. The van der Waals surface area contributed by atoms with Crippen molar-refractivity contribution in [3.05, 3.63) is 34.9 Å². The lowest BCUT2D eigenvalue weighted by molar-refractivity contribution is 0.459. The van der Waals surface area contributed by atoms with E-state index in [0.29, 0.717) is 0 Å². The van der Waals surface area contributed by atoms with E-state index in [1.54, 1.807) is 5.56 Å². The van der Waals surface area contributed by atoms with Gasteiger partial charge in [-0.05, 0) is 48.8 Å². The van der Waals surface area contributed by atoms with Crippen molar-refractivity contribution in [3.63, 3.8) is 0 Å². The highest BCUT2D eigenvalue weighted by Gasteiger charge is 2.19. The topological polar surface area (TPSA) is 0 Å². The molecule has 1 aromatic rings. The van der Waals surface area contributed by atoms with Gasteiger partial charge in [0.2, 0.25) is 0 Å². The third kappa shape index (κ3) is 2.48. The Kier molecular flexibility index (Phi) is 3.68. The predicted molar refractivity (Wildman–Crippen MR) is 70.9 cm³/mol. The molecule has 0 heterocycles. The van der Waals surface area contributed by atoms with Gasteiger partial charge in [-0.15, -0.1) is 0 Å². The van der Waals surface area contributed by atoms with Gasteiger partial charge in [0.15, 0.2) is 0 Å². The smallest absolute Gasteiger partial charge is 0.0185 e. The van der Waals surface area contributed by atoms with E-state index in [9.17, 15) is 0 Å². The molecule has 1 aliphatic rings. The van der Waals surface area contributed by atoms with Crippen LogP contribution in [0.15, 0.2) is 18.2 Å². The van der Waals surface area contributed by atoms with Gasteiger partial charge in [-0.3, -0.25) is 0 Å². The van der Waals surface area contributed by atoms with E-state index in [-0.39, 0.29) is 0 Å². The molecule has 0 N–H and O–H groups in total. The van der Waals surface area contributed by atoms with Crippen LogP contribution < -0.4 is 0 Å². The Balaban J connectivity index is 2.07. The van der Waals surface area contributed by atoms with Gasteiger partial charge in [-0.2, -0.15) is 0 Å². The van der Waals surface area contributed by atoms with Crippen molar-refractivity contribution >= 4 is 0 Å². The molecule has 88 valence electrons. The zero-order valence-corrected chi connectivity index (χ0v) is 10.9. The Morgan fingerprint density at radius 2 is 1.88 bits per heavy atom. The number of aryl methyl sites for hydroxylation is 1. The predicted octanol–water partition coefficient (Wildman–Crippen LogP) is 4.99. The molecule has 1 atom stereocenters. The molecule has 0 heteroatoms. The second-order valence-electron chi connectivity index (χ2n) is 5.58. The lowest BCUT2D eigenvalue weighted by Gasteiger charge is -2.19. The van der Waals surface area contributed by atoms with Crippen molar-refractivity contribution in [2.45, 2.75) is 58.8 Å². The van der Waals surface area contributed by atoms with E-state index < -0.39 is 0 Å². The zero-order chi connectivity index (χ0) is 11.5. The maximum absolute atomic E-state index is 2.40. The summed E-state index contributed by atoms with van der Waals surface area (Å²) in [5.41, 5.74) is 4.52. The largest absolute Gasteiger partial charge is 0.0617 e. The average Bonchev–Trinajstić information content (AvgIpc) is 2.74. The van der Waals surface area contributed by atoms with Crippen molar-refractivity contribution in [3.8, 4) is 0 Å². The first kappa shape index (κ1) is 11.7. The summed E-state index contributed by atoms with van der Waals surface area (Å²) < 4.78 is 0. The van der Waals surface area contributed by atoms with Crippen LogP contribution in [0.5, 0.6) is 0 Å². The van der Waals surface area contributed by atoms with Crippen molar-refractivity contribution in [1.29, 1.82) is 0 Å². The van der Waals surface area contributed by atoms with Crippen molar-refractivity contribution in [1.82, 2.24) is 0 Å². The molecule has 1 unspecified atom stereocenters. The van der Waals surface area contributed by atoms with Crippen LogP contribution >= 0.6 is 0 Å². The second kappa shape index (κ2) is 5.03. The molecule has 0 radical (unpaired) electrons. The third-order valence-electron chi connectivity index (χ3n) is 4.34. The molecular formula is C16H24. The van der Waals surface area contributed by atoms with Crippen molar-refractivity contribution in [2.75, 3.05) is 0 Å². The second-order valence-corrected chi connectivity index (χ2v) is 5.58. The summed E-state index contributed by atoms with van der Waals surface area (Å²) in [6.45, 7) is 6.90. The van der Waals surface area contributed by atoms with Crippen LogP contribution in [-0.4, -0.2) is 0 Å². The molecule has 1 aliphatic carbocycles. The summed E-state index contributed by atoms with van der Waals surface area (Å²) in [5.74, 6) is 1.73. The highest BCUT2D eigenvalue weighted by atomic mass is 14.2. The Labute approximate surface area is 100 Å². The van der Waals surface area contributed by atoms with Crippen LogP contribution in [0.4, 0.5) is 0 Å². The highest BCUT2D eigenvalue weighted by molar-refractivity contribution is 5.35. The zero-order valence-electron chi connectivity index (χ0n) is 10.9. The first-order chi connectivity index (χ1) is 7.68. The summed E-state index contributed by atoms with van der Waals surface area (Å²) in [7, 11) is 0. The minimum absolute atomic E-state index is 0.739. The first-order valence-electron chi connectivity index (χ1n) is 6.74. The summed E-state index contributed by atoms with van der Waals surface area (Å²) in [6.07, 6.45) is 7.25. The van der Waals surface area contributed by atoms with Crippen LogP contribution in [0.3, 0.4) is 0 Å². The maximum atomic E-state index is 2.40. The molecule has 1 aromatic carbocycles. The van der Waals surface area contributed by atoms with Gasteiger partial charge in [-0.25, -0.2) is 0 Å². The van der Waals surface area contributed by atoms with E-state index in [1.807, 2.05) is 0 Å². The monoisotopic (exact) mass is 216 g/mol. The molecule has 0 aliphatic heterocycles. The molecule has 0 nitrogen and oxygen atoms in total. The van der Waals surface area contributed by atoms with Crippen LogP contribution in [0.2, 0.25) is 0 Å². The minimum Gasteiger partial charge on any atom is -0.0617 e. The Morgan fingerprint density at radius 3 is 2.56 bits per heavy atom. The molecule has 0 amide bonds. The van der Waals surface area contributed by atoms with Crippen molar-refractivity contribution < 1.29 is 0 Å². The van der Waals surface area contributed by atoms with Crippen LogP contribution in [0.25, 0.3) is 0 Å². The number of hydrogen-bond donors (Lipinski definition) is 0. The standard InChI is InChI=1S/C16H24/c1-12-7-6-10-16(14(12)3)13(2)11-15-8-4-5-9-15/h6-7,10,13,15H,4-5,8-9,11H2,1-3H3. The highest BCUT2D eigenvalue weighted by Crippen LogP contribution is 2.35. The molecular weight excluding hydrogens is 192 g/mol. The van der Waals surface area contributed by atoms with Gasteiger partial charge in [0, 0.05) is 0 Å². The van der Waals surface area contributed by atoms with Crippen molar-refractivity contribution in [2.24, 2.45) is 5.92 Å². The average molecular weight is 216 g/mol. The molecule has 0 spiro atoms. The third-order valence-corrected chi connectivity index (χ3v) is 4.34. The summed E-state index contributed by atoms with van der Waals surface area (Å²) in [6, 6.07) is 6.76. The molecule has 0 aromatic heterocycles. The van der Waals surface area contributed by atoms with Gasteiger partial charge >= 0.3 is 0 Å². The van der Waals surface area contributed by atoms with E-state index in [1.165, 1.54) is 43.2 Å². The van der Waals surface area contributed by atoms with E-state index >= 15 is 0 Å². The molecule has 2 rings (SSSR count). The Hall–Kier alpha value is -0.780. The van der Waals surface area contributed by atoms with Gasteiger partial charge in [0.05, 0.1) is 0 Å². The van der Waals surface area contributed by atoms with Gasteiger partial charge in [0.25, 0.3) is 0 Å². The summed E-state index contributed by atoms with van der Waals surface area (Å²) >= 11 is 0. The quantitative estimate of drug-likeness (QED) is 0.668. The van der Waals surface area contributed by atoms with E-state index in [2.05, 4.69) is 39.0 Å². The first-order valence-corrected chi connectivity index (χ1v) is 6.74. The molecule has 1 saturated carbocycles. The van der Waals surface area contributed by atoms with Crippen LogP contribution in [0.1, 0.15) is 61.6 Å².